The van der Waals surface area contributed by atoms with E-state index in [1.54, 1.807) is 24.3 Å². The molecular formula is C14H11FO3. The monoisotopic (exact) mass is 246 g/mol. The van der Waals surface area contributed by atoms with E-state index in [1.165, 1.54) is 31.4 Å². The summed E-state index contributed by atoms with van der Waals surface area (Å²) in [7, 11) is 1.32. The Morgan fingerprint density at radius 2 is 1.78 bits per heavy atom. The highest BCUT2D eigenvalue weighted by Gasteiger charge is 2.06. The van der Waals surface area contributed by atoms with Crippen LogP contribution < -0.4 is 4.74 Å². The van der Waals surface area contributed by atoms with Gasteiger partial charge in [0.1, 0.15) is 17.3 Å². The first kappa shape index (κ1) is 12.1. The van der Waals surface area contributed by atoms with Gasteiger partial charge in [0.15, 0.2) is 0 Å². The van der Waals surface area contributed by atoms with Crippen molar-refractivity contribution in [1.29, 1.82) is 0 Å². The summed E-state index contributed by atoms with van der Waals surface area (Å²) in [6, 6.07) is 12.2. The molecule has 0 unspecified atom stereocenters. The van der Waals surface area contributed by atoms with Gasteiger partial charge < -0.3 is 9.47 Å². The van der Waals surface area contributed by atoms with Gasteiger partial charge in [-0.1, -0.05) is 6.07 Å². The summed E-state index contributed by atoms with van der Waals surface area (Å²) < 4.78 is 22.8. The van der Waals surface area contributed by atoms with Gasteiger partial charge in [0.05, 0.1) is 12.7 Å². The van der Waals surface area contributed by atoms with Crippen LogP contribution in [0.5, 0.6) is 11.5 Å². The molecule has 0 heterocycles. The van der Waals surface area contributed by atoms with Gasteiger partial charge in [-0.05, 0) is 42.5 Å². The van der Waals surface area contributed by atoms with Crippen molar-refractivity contribution < 1.29 is 18.7 Å². The van der Waals surface area contributed by atoms with Crippen molar-refractivity contribution in [3.8, 4) is 11.5 Å². The number of benzene rings is 2. The van der Waals surface area contributed by atoms with Crippen molar-refractivity contribution in [2.45, 2.75) is 0 Å². The van der Waals surface area contributed by atoms with Gasteiger partial charge >= 0.3 is 5.97 Å². The van der Waals surface area contributed by atoms with E-state index < -0.39 is 5.97 Å². The zero-order chi connectivity index (χ0) is 13.0. The lowest BCUT2D eigenvalue weighted by atomic mass is 10.2. The predicted octanol–water partition coefficient (Wildman–Crippen LogP) is 3.40. The van der Waals surface area contributed by atoms with Crippen LogP contribution in [0.3, 0.4) is 0 Å². The summed E-state index contributed by atoms with van der Waals surface area (Å²) in [5.41, 5.74) is 0.400. The first-order valence-corrected chi connectivity index (χ1v) is 5.31. The van der Waals surface area contributed by atoms with Crippen LogP contribution in [0, 0.1) is 5.82 Å². The van der Waals surface area contributed by atoms with E-state index in [-0.39, 0.29) is 5.82 Å². The molecule has 0 amide bonds. The van der Waals surface area contributed by atoms with Crippen LogP contribution in [0.1, 0.15) is 10.4 Å². The summed E-state index contributed by atoms with van der Waals surface area (Å²) in [6.07, 6.45) is 0. The molecule has 0 aliphatic carbocycles. The Hall–Kier alpha value is -2.36. The number of ether oxygens (including phenoxy) is 2. The van der Waals surface area contributed by atoms with Crippen LogP contribution in [0.15, 0.2) is 48.5 Å². The molecule has 0 aliphatic rings. The number of hydrogen-bond acceptors (Lipinski definition) is 3. The molecule has 3 nitrogen and oxygen atoms in total. The summed E-state index contributed by atoms with van der Waals surface area (Å²) in [4.78, 5) is 11.3. The van der Waals surface area contributed by atoms with Crippen LogP contribution in [-0.4, -0.2) is 13.1 Å². The lowest BCUT2D eigenvalue weighted by Gasteiger charge is -2.06. The molecule has 0 radical (unpaired) electrons. The van der Waals surface area contributed by atoms with E-state index in [4.69, 9.17) is 4.74 Å². The average Bonchev–Trinajstić information content (AvgIpc) is 2.41. The van der Waals surface area contributed by atoms with Crippen LogP contribution in [-0.2, 0) is 4.74 Å². The number of carbonyl (C=O) groups excluding carboxylic acids is 1. The fraction of sp³-hybridized carbons (Fsp3) is 0.0714. The maximum absolute atomic E-state index is 12.7. The normalized spacial score (nSPS) is 9.89. The van der Waals surface area contributed by atoms with Gasteiger partial charge in [-0.25, -0.2) is 9.18 Å². The molecule has 0 saturated carbocycles. The molecule has 0 spiro atoms. The third-order valence-electron chi connectivity index (χ3n) is 2.30. The minimum absolute atomic E-state index is 0.328. The highest BCUT2D eigenvalue weighted by Crippen LogP contribution is 2.22. The molecular weight excluding hydrogens is 235 g/mol. The highest BCUT2D eigenvalue weighted by atomic mass is 19.1. The van der Waals surface area contributed by atoms with Crippen LogP contribution >= 0.6 is 0 Å². The number of esters is 1. The van der Waals surface area contributed by atoms with Crippen molar-refractivity contribution in [2.75, 3.05) is 7.11 Å². The summed E-state index contributed by atoms with van der Waals surface area (Å²) in [5, 5.41) is 0. The second kappa shape index (κ2) is 5.31. The van der Waals surface area contributed by atoms with Gasteiger partial charge in [0, 0.05) is 0 Å². The third kappa shape index (κ3) is 2.85. The number of carbonyl (C=O) groups is 1. The minimum Gasteiger partial charge on any atom is -0.465 e. The van der Waals surface area contributed by atoms with Gasteiger partial charge in [0.25, 0.3) is 0 Å². The minimum atomic E-state index is -0.431. The maximum Gasteiger partial charge on any atom is 0.337 e. The molecule has 4 heteroatoms. The summed E-state index contributed by atoms with van der Waals surface area (Å²) in [6.45, 7) is 0. The molecule has 0 bridgehead atoms. The highest BCUT2D eigenvalue weighted by molar-refractivity contribution is 5.89. The van der Waals surface area contributed by atoms with E-state index in [0.29, 0.717) is 17.1 Å². The van der Waals surface area contributed by atoms with Gasteiger partial charge in [-0.2, -0.15) is 0 Å². The van der Waals surface area contributed by atoms with E-state index in [2.05, 4.69) is 4.74 Å². The Bertz CT molecular complexity index is 549. The molecule has 0 fully saturated rings. The Kier molecular flexibility index (Phi) is 3.57. The topological polar surface area (TPSA) is 35.5 Å². The van der Waals surface area contributed by atoms with Crippen molar-refractivity contribution >= 4 is 5.97 Å². The Morgan fingerprint density at radius 1 is 1.06 bits per heavy atom. The largest absolute Gasteiger partial charge is 0.465 e. The quantitative estimate of drug-likeness (QED) is 0.778. The molecule has 0 aromatic heterocycles. The lowest BCUT2D eigenvalue weighted by molar-refractivity contribution is 0.0600. The molecule has 0 aliphatic heterocycles. The van der Waals surface area contributed by atoms with Crippen LogP contribution in [0.2, 0.25) is 0 Å². The molecule has 0 saturated heterocycles. The Morgan fingerprint density at radius 3 is 2.44 bits per heavy atom. The zero-order valence-electron chi connectivity index (χ0n) is 9.72. The van der Waals surface area contributed by atoms with Crippen molar-refractivity contribution in [2.24, 2.45) is 0 Å². The van der Waals surface area contributed by atoms with Crippen molar-refractivity contribution in [3.63, 3.8) is 0 Å². The second-order valence-electron chi connectivity index (χ2n) is 3.58. The standard InChI is InChI=1S/C14H11FO3/c1-17-14(16)10-3-2-4-13(9-10)18-12-7-5-11(15)6-8-12/h2-9H,1H3. The fourth-order valence-electron chi connectivity index (χ4n) is 1.44. The van der Waals surface area contributed by atoms with Crippen LogP contribution in [0.4, 0.5) is 4.39 Å². The molecule has 0 N–H and O–H groups in total. The molecule has 2 aromatic rings. The fourth-order valence-corrected chi connectivity index (χ4v) is 1.44. The number of hydrogen-bond donors (Lipinski definition) is 0. The molecule has 92 valence electrons. The van der Waals surface area contributed by atoms with Gasteiger partial charge in [-0.3, -0.25) is 0 Å². The van der Waals surface area contributed by atoms with Gasteiger partial charge in [-0.15, -0.1) is 0 Å². The van der Waals surface area contributed by atoms with Crippen molar-refractivity contribution in [3.05, 3.63) is 59.9 Å². The Balaban J connectivity index is 2.19. The maximum atomic E-state index is 12.7. The smallest absolute Gasteiger partial charge is 0.337 e. The third-order valence-corrected chi connectivity index (χ3v) is 2.30. The van der Waals surface area contributed by atoms with E-state index in [9.17, 15) is 9.18 Å². The van der Waals surface area contributed by atoms with E-state index in [0.717, 1.165) is 0 Å². The summed E-state index contributed by atoms with van der Waals surface area (Å²) >= 11 is 0. The zero-order valence-corrected chi connectivity index (χ0v) is 9.72. The summed E-state index contributed by atoms with van der Waals surface area (Å²) in [5.74, 6) is 0.230. The lowest BCUT2D eigenvalue weighted by Crippen LogP contribution is -2.00. The van der Waals surface area contributed by atoms with Gasteiger partial charge in [0.2, 0.25) is 0 Å². The SMILES string of the molecule is COC(=O)c1cccc(Oc2ccc(F)cc2)c1. The van der Waals surface area contributed by atoms with Crippen molar-refractivity contribution in [1.82, 2.24) is 0 Å². The second-order valence-corrected chi connectivity index (χ2v) is 3.58. The Labute approximate surface area is 104 Å². The van der Waals surface area contributed by atoms with E-state index >= 15 is 0 Å². The number of methoxy groups -OCH3 is 1. The molecule has 0 atom stereocenters. The first-order valence-electron chi connectivity index (χ1n) is 5.31. The van der Waals surface area contributed by atoms with E-state index in [1.807, 2.05) is 0 Å². The molecule has 18 heavy (non-hydrogen) atoms. The number of rotatable bonds is 3. The predicted molar refractivity (Wildman–Crippen MR) is 64.3 cm³/mol. The number of halogens is 1. The molecule has 2 rings (SSSR count). The average molecular weight is 246 g/mol. The van der Waals surface area contributed by atoms with Crippen LogP contribution in [0.25, 0.3) is 0 Å². The first-order chi connectivity index (χ1) is 8.69. The molecule has 2 aromatic carbocycles.